The summed E-state index contributed by atoms with van der Waals surface area (Å²) in [6.07, 6.45) is 0. The normalized spacial score (nSPS) is 9.71. The molecule has 2 aromatic rings. The van der Waals surface area contributed by atoms with Gasteiger partial charge in [0.1, 0.15) is 23.3 Å². The quantitative estimate of drug-likeness (QED) is 0.768. The van der Waals surface area contributed by atoms with E-state index in [1.807, 2.05) is 6.07 Å². The van der Waals surface area contributed by atoms with Gasteiger partial charge >= 0.3 is 0 Å². The maximum atomic E-state index is 12.9. The minimum absolute atomic E-state index is 0.0800. The average Bonchev–Trinajstić information content (AvgIpc) is 2.28. The summed E-state index contributed by atoms with van der Waals surface area (Å²) in [5.74, 6) is -0.0704. The van der Waals surface area contributed by atoms with Crippen LogP contribution in [0.3, 0.4) is 0 Å². The molecule has 1 heterocycles. The Bertz CT molecular complexity index is 598. The van der Waals surface area contributed by atoms with Crippen LogP contribution in [-0.2, 0) is 0 Å². The van der Waals surface area contributed by atoms with Crippen LogP contribution in [0.4, 0.5) is 4.39 Å². The van der Waals surface area contributed by atoms with Crippen molar-refractivity contribution in [3.63, 3.8) is 0 Å². The molecule has 0 saturated carbocycles. The van der Waals surface area contributed by atoms with E-state index in [2.05, 4.69) is 9.97 Å². The topological polar surface area (TPSA) is 58.8 Å². The second-order valence-electron chi connectivity index (χ2n) is 3.03. The van der Waals surface area contributed by atoms with Gasteiger partial charge in [0.2, 0.25) is 11.2 Å². The first kappa shape index (κ1) is 11.3. The molecule has 0 bridgehead atoms. The van der Waals surface area contributed by atoms with Gasteiger partial charge in [-0.2, -0.15) is 10.2 Å². The lowest BCUT2D eigenvalue weighted by molar-refractivity contribution is 0.456. The smallest absolute Gasteiger partial charge is 0.226 e. The minimum Gasteiger partial charge on any atom is -0.439 e. The van der Waals surface area contributed by atoms with Crippen molar-refractivity contribution >= 4 is 11.6 Å². The van der Waals surface area contributed by atoms with Gasteiger partial charge in [0.25, 0.3) is 0 Å². The standard InChI is InChI=1S/C11H5ClFN3O/c12-11-15-8(6-14)5-10(16-11)17-9-3-1-2-7(13)4-9/h1-5H. The minimum atomic E-state index is -0.428. The molecule has 0 spiro atoms. The zero-order valence-electron chi connectivity index (χ0n) is 8.39. The lowest BCUT2D eigenvalue weighted by Gasteiger charge is -2.04. The van der Waals surface area contributed by atoms with Gasteiger partial charge in [-0.3, -0.25) is 0 Å². The van der Waals surface area contributed by atoms with Crippen LogP contribution in [0.2, 0.25) is 5.28 Å². The predicted molar refractivity (Wildman–Crippen MR) is 58.2 cm³/mol. The summed E-state index contributed by atoms with van der Waals surface area (Å²) in [4.78, 5) is 7.42. The molecular weight excluding hydrogens is 245 g/mol. The van der Waals surface area contributed by atoms with Crippen molar-refractivity contribution in [2.75, 3.05) is 0 Å². The van der Waals surface area contributed by atoms with E-state index in [1.165, 1.54) is 24.3 Å². The Morgan fingerprint density at radius 1 is 1.29 bits per heavy atom. The number of nitrogens with zero attached hydrogens (tertiary/aromatic N) is 3. The van der Waals surface area contributed by atoms with Gasteiger partial charge in [-0.1, -0.05) is 6.07 Å². The highest BCUT2D eigenvalue weighted by Crippen LogP contribution is 2.21. The van der Waals surface area contributed by atoms with Crippen LogP contribution < -0.4 is 4.74 Å². The van der Waals surface area contributed by atoms with Crippen molar-refractivity contribution in [1.82, 2.24) is 9.97 Å². The van der Waals surface area contributed by atoms with Gasteiger partial charge in [-0.05, 0) is 23.7 Å². The Morgan fingerprint density at radius 2 is 2.12 bits per heavy atom. The summed E-state index contributed by atoms with van der Waals surface area (Å²) in [6, 6.07) is 8.68. The number of nitriles is 1. The first-order valence-corrected chi connectivity index (χ1v) is 4.93. The Balaban J connectivity index is 2.30. The zero-order valence-corrected chi connectivity index (χ0v) is 9.15. The molecule has 6 heteroatoms. The Hall–Kier alpha value is -2.19. The van der Waals surface area contributed by atoms with Crippen molar-refractivity contribution in [1.29, 1.82) is 5.26 Å². The van der Waals surface area contributed by atoms with Gasteiger partial charge in [0.05, 0.1) is 0 Å². The molecule has 0 aliphatic carbocycles. The van der Waals surface area contributed by atoms with Crippen LogP contribution >= 0.6 is 11.6 Å². The molecule has 4 nitrogen and oxygen atoms in total. The second kappa shape index (κ2) is 4.76. The first-order chi connectivity index (χ1) is 8.17. The highest BCUT2D eigenvalue weighted by Gasteiger charge is 2.05. The molecule has 1 aromatic carbocycles. The van der Waals surface area contributed by atoms with Crippen molar-refractivity contribution in [3.8, 4) is 17.7 Å². The Morgan fingerprint density at radius 3 is 2.82 bits per heavy atom. The van der Waals surface area contributed by atoms with Gasteiger partial charge in [0.15, 0.2) is 0 Å². The van der Waals surface area contributed by atoms with Crippen LogP contribution in [0.5, 0.6) is 11.6 Å². The third-order valence-corrected chi connectivity index (χ3v) is 1.98. The van der Waals surface area contributed by atoms with Gasteiger partial charge in [-0.15, -0.1) is 0 Å². The molecule has 0 amide bonds. The second-order valence-corrected chi connectivity index (χ2v) is 3.37. The van der Waals surface area contributed by atoms with Crippen LogP contribution in [0.1, 0.15) is 5.69 Å². The fraction of sp³-hybridized carbons (Fsp3) is 0. The zero-order chi connectivity index (χ0) is 12.3. The number of ether oxygens (including phenoxy) is 1. The van der Waals surface area contributed by atoms with E-state index >= 15 is 0 Å². The molecule has 0 atom stereocenters. The van der Waals surface area contributed by atoms with E-state index < -0.39 is 5.82 Å². The van der Waals surface area contributed by atoms with Crippen molar-refractivity contribution in [3.05, 3.63) is 47.1 Å². The molecule has 0 unspecified atom stereocenters. The summed E-state index contributed by atoms with van der Waals surface area (Å²) in [5, 5.41) is 8.58. The molecule has 0 aliphatic rings. The molecular formula is C11H5ClFN3O. The monoisotopic (exact) mass is 249 g/mol. The molecule has 0 fully saturated rings. The largest absolute Gasteiger partial charge is 0.439 e. The Kier molecular flexibility index (Phi) is 3.17. The summed E-state index contributed by atoms with van der Waals surface area (Å²) >= 11 is 5.60. The van der Waals surface area contributed by atoms with E-state index in [1.54, 1.807) is 6.07 Å². The van der Waals surface area contributed by atoms with Crippen LogP contribution in [0, 0.1) is 17.1 Å². The van der Waals surface area contributed by atoms with Crippen LogP contribution in [-0.4, -0.2) is 9.97 Å². The molecule has 0 aliphatic heterocycles. The van der Waals surface area contributed by atoms with Gasteiger partial charge < -0.3 is 4.74 Å². The molecule has 84 valence electrons. The third-order valence-electron chi connectivity index (χ3n) is 1.81. The maximum Gasteiger partial charge on any atom is 0.226 e. The number of aromatic nitrogens is 2. The number of hydrogen-bond acceptors (Lipinski definition) is 4. The fourth-order valence-electron chi connectivity index (χ4n) is 1.16. The molecule has 0 radical (unpaired) electrons. The number of rotatable bonds is 2. The third kappa shape index (κ3) is 2.89. The molecule has 0 saturated heterocycles. The highest BCUT2D eigenvalue weighted by molar-refractivity contribution is 6.28. The number of hydrogen-bond donors (Lipinski definition) is 0. The number of halogens is 2. The van der Waals surface area contributed by atoms with Gasteiger partial charge in [0, 0.05) is 12.1 Å². The molecule has 17 heavy (non-hydrogen) atoms. The summed E-state index contributed by atoms with van der Waals surface area (Å²) in [5.41, 5.74) is 0.0800. The van der Waals surface area contributed by atoms with Crippen molar-refractivity contribution in [2.24, 2.45) is 0 Å². The lowest BCUT2D eigenvalue weighted by atomic mass is 10.3. The molecule has 2 rings (SSSR count). The van der Waals surface area contributed by atoms with E-state index in [-0.39, 0.29) is 22.6 Å². The molecule has 1 aromatic heterocycles. The van der Waals surface area contributed by atoms with E-state index in [0.717, 1.165) is 0 Å². The fourth-order valence-corrected chi connectivity index (χ4v) is 1.33. The predicted octanol–water partition coefficient (Wildman–Crippen LogP) is 2.93. The SMILES string of the molecule is N#Cc1cc(Oc2cccc(F)c2)nc(Cl)n1. The average molecular weight is 250 g/mol. The van der Waals surface area contributed by atoms with E-state index in [0.29, 0.717) is 0 Å². The maximum absolute atomic E-state index is 12.9. The van der Waals surface area contributed by atoms with Crippen molar-refractivity contribution < 1.29 is 9.13 Å². The van der Waals surface area contributed by atoms with Crippen molar-refractivity contribution in [2.45, 2.75) is 0 Å². The first-order valence-electron chi connectivity index (χ1n) is 4.55. The highest BCUT2D eigenvalue weighted by atomic mass is 35.5. The van der Waals surface area contributed by atoms with Crippen LogP contribution in [0.25, 0.3) is 0 Å². The number of benzene rings is 1. The molecule has 0 N–H and O–H groups in total. The van der Waals surface area contributed by atoms with Crippen LogP contribution in [0.15, 0.2) is 30.3 Å². The van der Waals surface area contributed by atoms with Gasteiger partial charge in [-0.25, -0.2) is 9.37 Å². The van der Waals surface area contributed by atoms with E-state index in [9.17, 15) is 4.39 Å². The summed E-state index contributed by atoms with van der Waals surface area (Å²) in [6.45, 7) is 0. The Labute approximate surface area is 101 Å². The lowest BCUT2D eigenvalue weighted by Crippen LogP contribution is -1.93. The summed E-state index contributed by atoms with van der Waals surface area (Å²) < 4.78 is 18.2. The van der Waals surface area contributed by atoms with E-state index in [4.69, 9.17) is 21.6 Å². The summed E-state index contributed by atoms with van der Waals surface area (Å²) in [7, 11) is 0.